The van der Waals surface area contributed by atoms with Gasteiger partial charge in [-0.25, -0.2) is 0 Å². The van der Waals surface area contributed by atoms with Crippen LogP contribution in [0, 0.1) is 24.7 Å². The van der Waals surface area contributed by atoms with E-state index in [0.717, 1.165) is 40.3 Å². The molecule has 25 nitrogen and oxygen atoms in total. The standard InChI is InChI=1S/C77H114ClF3N12O13/c1-16-19-40-93(72(102)61(48-106-42-17-2)89(13)65(97)47-88(12)73(103)66(51(7)18-3)84-62(94)37-28-49(4)5)60(44-53-31-29-50(6)30-32-53)71(101)87(11)46-64(96)83-57(36-34-52-33-35-55(56(78)43-52)77(79,80)81)69(99)92-41-24-27-58(92)68(98)85-76(38-22-23-39-76)75(105)91(15)67(54-25-20-21-26-54)74(104)90(14)59(45-63(95)82-8)70(100)86(9)10/h16-17,29-33,35,43,49,51,54,57-61,66-67H,1-2,18-28,34,36-42,44-48H2,3-15H3,(H,82,95)(H,83,96)(H,84,94)(H,85,98)/t51-,57-,58-,59-,60-,61+,66-,67-/m0/s1. The summed E-state index contributed by atoms with van der Waals surface area (Å²) in [6.07, 6.45) is 3.41. The van der Waals surface area contributed by atoms with E-state index in [1.807, 2.05) is 46.8 Å². The molecule has 1 saturated heterocycles. The van der Waals surface area contributed by atoms with E-state index < -0.39 is 149 Å². The molecule has 2 aromatic carbocycles. The second kappa shape index (κ2) is 41.1. The Morgan fingerprint density at radius 2 is 1.34 bits per heavy atom. The van der Waals surface area contributed by atoms with E-state index in [1.165, 1.54) is 104 Å². The topological polar surface area (TPSA) is 288 Å². The molecule has 0 spiro atoms. The van der Waals surface area contributed by atoms with Crippen molar-refractivity contribution in [1.82, 2.24) is 60.5 Å². The van der Waals surface area contributed by atoms with Gasteiger partial charge in [-0.15, -0.1) is 13.2 Å². The fraction of sp³-hybridized carbons (Fsp3) is 0.636. The molecular weight excluding hydrogens is 1390 g/mol. The number of hydrogen-bond acceptors (Lipinski definition) is 13. The van der Waals surface area contributed by atoms with Gasteiger partial charge in [0.05, 0.1) is 43.3 Å². The number of nitrogens with zero attached hydrogens (tertiary/aromatic N) is 8. The molecule has 0 radical (unpaired) electrons. The van der Waals surface area contributed by atoms with Crippen LogP contribution in [0.5, 0.6) is 0 Å². The van der Waals surface area contributed by atoms with Gasteiger partial charge in [0.15, 0.2) is 0 Å². The summed E-state index contributed by atoms with van der Waals surface area (Å²) in [7, 11) is 11.5. The van der Waals surface area contributed by atoms with Crippen LogP contribution in [0.1, 0.15) is 153 Å². The minimum absolute atomic E-state index is 0.00361. The molecule has 0 bridgehead atoms. The Hall–Kier alpha value is -8.40. The van der Waals surface area contributed by atoms with Crippen LogP contribution >= 0.6 is 11.6 Å². The minimum Gasteiger partial charge on any atom is -0.375 e. The summed E-state index contributed by atoms with van der Waals surface area (Å²) in [5, 5.41) is 10.6. The fourth-order valence-corrected chi connectivity index (χ4v) is 14.4. The number of alkyl halides is 3. The highest BCUT2D eigenvalue weighted by Crippen LogP contribution is 2.38. The number of rotatable bonds is 39. The first-order chi connectivity index (χ1) is 50.0. The molecule has 1 aliphatic heterocycles. The van der Waals surface area contributed by atoms with Crippen LogP contribution in [-0.2, 0) is 81.3 Å². The first-order valence-corrected chi connectivity index (χ1v) is 37.3. The molecule has 3 aliphatic rings. The average molecular weight is 1510 g/mol. The highest BCUT2D eigenvalue weighted by atomic mass is 35.5. The van der Waals surface area contributed by atoms with Crippen LogP contribution in [0.25, 0.3) is 0 Å². The van der Waals surface area contributed by atoms with Gasteiger partial charge in [0, 0.05) is 82.3 Å². The van der Waals surface area contributed by atoms with Crippen molar-refractivity contribution < 1.29 is 75.4 Å². The van der Waals surface area contributed by atoms with Gasteiger partial charge in [0.25, 0.3) is 0 Å². The summed E-state index contributed by atoms with van der Waals surface area (Å²) >= 11 is 6.18. The molecule has 5 rings (SSSR count). The van der Waals surface area contributed by atoms with E-state index >= 15 is 24.0 Å². The van der Waals surface area contributed by atoms with Crippen molar-refractivity contribution in [2.24, 2.45) is 17.8 Å². The fourth-order valence-electron chi connectivity index (χ4n) is 14.1. The lowest BCUT2D eigenvalue weighted by atomic mass is 9.90. The maximum absolute atomic E-state index is 15.5. The normalized spacial score (nSPS) is 16.9. The lowest BCUT2D eigenvalue weighted by Crippen LogP contribution is -2.65. The van der Waals surface area contributed by atoms with Gasteiger partial charge in [-0.3, -0.25) is 57.5 Å². The van der Waals surface area contributed by atoms with Crippen molar-refractivity contribution in [2.75, 3.05) is 95.8 Å². The van der Waals surface area contributed by atoms with Gasteiger partial charge in [-0.05, 0) is 112 Å². The molecule has 2 aliphatic carbocycles. The molecule has 0 aromatic heterocycles. The Morgan fingerprint density at radius 1 is 0.708 bits per heavy atom. The van der Waals surface area contributed by atoms with Gasteiger partial charge in [-0.1, -0.05) is 119 Å². The van der Waals surface area contributed by atoms with E-state index in [2.05, 4.69) is 34.4 Å². The third kappa shape index (κ3) is 24.1. The van der Waals surface area contributed by atoms with Crippen molar-refractivity contribution in [3.05, 3.63) is 95.1 Å². The summed E-state index contributed by atoms with van der Waals surface area (Å²) in [5.74, 6) is -7.80. The number of likely N-dealkylation sites (tertiary alicyclic amines) is 1. The van der Waals surface area contributed by atoms with Crippen LogP contribution in [-0.4, -0.2) is 254 Å². The van der Waals surface area contributed by atoms with Gasteiger partial charge in [0.1, 0.15) is 47.8 Å². The predicted octanol–water partition coefficient (Wildman–Crippen LogP) is 6.50. The second-order valence-electron chi connectivity index (χ2n) is 29.3. The summed E-state index contributed by atoms with van der Waals surface area (Å²) in [5.41, 5.74) is -0.874. The molecule has 106 heavy (non-hydrogen) atoms. The van der Waals surface area contributed by atoms with E-state index in [9.17, 15) is 46.7 Å². The van der Waals surface area contributed by atoms with Crippen LogP contribution in [0.4, 0.5) is 13.2 Å². The number of carbonyl (C=O) groups is 12. The molecule has 2 aromatic rings. The molecule has 1 heterocycles. The zero-order valence-electron chi connectivity index (χ0n) is 64.3. The smallest absolute Gasteiger partial charge is 0.375 e. The maximum Gasteiger partial charge on any atom is 0.417 e. The van der Waals surface area contributed by atoms with E-state index in [1.54, 1.807) is 12.1 Å². The van der Waals surface area contributed by atoms with Crippen molar-refractivity contribution in [3.63, 3.8) is 0 Å². The number of aryl methyl sites for hydroxylation is 2. The number of hydrogen-bond donors (Lipinski definition) is 4. The Morgan fingerprint density at radius 3 is 1.92 bits per heavy atom. The number of ether oxygens (including phenoxy) is 1. The molecule has 2 saturated carbocycles. The monoisotopic (exact) mass is 1510 g/mol. The minimum atomic E-state index is -4.79. The number of nitrogens with one attached hydrogen (secondary N) is 4. The predicted molar refractivity (Wildman–Crippen MR) is 397 cm³/mol. The van der Waals surface area contributed by atoms with Crippen LogP contribution in [0.15, 0.2) is 67.8 Å². The van der Waals surface area contributed by atoms with Crippen molar-refractivity contribution in [3.8, 4) is 0 Å². The van der Waals surface area contributed by atoms with Gasteiger partial charge in [0.2, 0.25) is 70.9 Å². The molecular formula is C77H114ClF3N12O13. The van der Waals surface area contributed by atoms with Crippen LogP contribution in [0.2, 0.25) is 5.02 Å². The average Bonchev–Trinajstić information content (AvgIpc) is 1.47. The largest absolute Gasteiger partial charge is 0.417 e. The Labute approximate surface area is 628 Å². The summed E-state index contributed by atoms with van der Waals surface area (Å²) in [6, 6.07) is 1.55. The SMILES string of the molecule is C=CCCN(C(=O)[C@@H](COCC=C)N(C)C(=O)CN(C)C(=O)[C@@H](NC(=O)CCC(C)C)[C@@H](C)CC)[C@@H](Cc1ccc(C)cc1)C(=O)N(C)CC(=O)N[C@@H](CCc1ccc(C(F)(F)F)c(Cl)c1)C(=O)N1CCC[C@H]1C(=O)NC1(C(=O)N(C)[C@H](C(=O)N(C)[C@@H](CC(=O)NC)C(=O)N(C)C)C2CCCC2)CCCC1. The highest BCUT2D eigenvalue weighted by molar-refractivity contribution is 6.31. The number of halogens is 4. The van der Waals surface area contributed by atoms with Crippen LogP contribution < -0.4 is 21.3 Å². The van der Waals surface area contributed by atoms with Gasteiger partial charge >= 0.3 is 6.18 Å². The number of amides is 12. The zero-order chi connectivity index (χ0) is 79.1. The summed E-state index contributed by atoms with van der Waals surface area (Å²) in [4.78, 5) is 184. The van der Waals surface area contributed by atoms with Crippen molar-refractivity contribution in [2.45, 2.75) is 204 Å². The first-order valence-electron chi connectivity index (χ1n) is 36.9. The lowest BCUT2D eigenvalue weighted by molar-refractivity contribution is -0.155. The maximum atomic E-state index is 15.5. The highest BCUT2D eigenvalue weighted by Gasteiger charge is 2.51. The number of benzene rings is 2. The third-order valence-electron chi connectivity index (χ3n) is 20.8. The molecule has 4 N–H and O–H groups in total. The summed E-state index contributed by atoms with van der Waals surface area (Å²) in [6.45, 7) is 15.3. The third-order valence-corrected chi connectivity index (χ3v) is 21.1. The van der Waals surface area contributed by atoms with Crippen molar-refractivity contribution >= 4 is 82.5 Å². The second-order valence-corrected chi connectivity index (χ2v) is 29.7. The van der Waals surface area contributed by atoms with Crippen LogP contribution in [0.3, 0.4) is 0 Å². The summed E-state index contributed by atoms with van der Waals surface area (Å²) < 4.78 is 47.7. The molecule has 29 heteroatoms. The lowest BCUT2D eigenvalue weighted by Gasteiger charge is -2.41. The molecule has 588 valence electrons. The number of likely N-dealkylation sites (N-methyl/N-ethyl adjacent to an activating group) is 6. The molecule has 12 amide bonds. The Balaban J connectivity index is 1.48. The molecule has 3 fully saturated rings. The van der Waals surface area contributed by atoms with Gasteiger partial charge < -0.3 is 65.2 Å². The quantitative estimate of drug-likeness (QED) is 0.0411. The molecule has 0 unspecified atom stereocenters. The Kier molecular flexibility index (Phi) is 34.2. The Bertz CT molecular complexity index is 3420. The molecule has 8 atom stereocenters. The van der Waals surface area contributed by atoms with Crippen molar-refractivity contribution in [1.29, 1.82) is 0 Å². The van der Waals surface area contributed by atoms with E-state index in [4.69, 9.17) is 16.3 Å². The van der Waals surface area contributed by atoms with Gasteiger partial charge in [-0.2, -0.15) is 13.2 Å². The van der Waals surface area contributed by atoms with E-state index in [-0.39, 0.29) is 107 Å². The van der Waals surface area contributed by atoms with E-state index in [0.29, 0.717) is 50.5 Å². The number of carbonyl (C=O) groups excluding carboxylic acids is 12. The zero-order valence-corrected chi connectivity index (χ0v) is 65.0. The first kappa shape index (κ1) is 88.2.